The fourth-order valence-electron chi connectivity index (χ4n) is 3.08. The first-order valence-electron chi connectivity index (χ1n) is 9.25. The van der Waals surface area contributed by atoms with E-state index in [2.05, 4.69) is 24.5 Å². The van der Waals surface area contributed by atoms with Gasteiger partial charge in [-0.2, -0.15) is 0 Å². The number of methoxy groups -OCH3 is 1. The Balaban J connectivity index is 2.03. The van der Waals surface area contributed by atoms with Crippen molar-refractivity contribution in [3.8, 4) is 5.75 Å². The third kappa shape index (κ3) is 4.78. The third-order valence-electron chi connectivity index (χ3n) is 4.83. The second-order valence-electron chi connectivity index (χ2n) is 7.61. The van der Waals surface area contributed by atoms with Crippen molar-refractivity contribution < 1.29 is 19.1 Å². The summed E-state index contributed by atoms with van der Waals surface area (Å²) in [5.74, 6) is 0.433. The number of nitrogens with one attached hydrogen (secondary N) is 2. The second kappa shape index (κ2) is 8.41. The van der Waals surface area contributed by atoms with Crippen molar-refractivity contribution in [2.75, 3.05) is 13.7 Å². The maximum Gasteiger partial charge on any atom is 0.325 e. The number of carbonyl (C=O) groups is 3. The van der Waals surface area contributed by atoms with Gasteiger partial charge in [0.15, 0.2) is 0 Å². The van der Waals surface area contributed by atoms with E-state index in [0.29, 0.717) is 17.2 Å². The van der Waals surface area contributed by atoms with E-state index in [4.69, 9.17) is 4.74 Å². The number of benzene rings is 1. The lowest BCUT2D eigenvalue weighted by Crippen LogP contribution is -2.45. The van der Waals surface area contributed by atoms with E-state index < -0.39 is 17.5 Å². The fraction of sp³-hybridized carbons (Fsp3) is 0.550. The van der Waals surface area contributed by atoms with Crippen LogP contribution in [-0.2, 0) is 15.1 Å². The summed E-state index contributed by atoms with van der Waals surface area (Å²) in [6.07, 6.45) is 1.85. The molecule has 148 valence electrons. The molecule has 0 saturated carbocycles. The summed E-state index contributed by atoms with van der Waals surface area (Å²) in [5, 5.41) is 5.56. The number of imide groups is 1. The van der Waals surface area contributed by atoms with Gasteiger partial charge in [-0.15, -0.1) is 0 Å². The van der Waals surface area contributed by atoms with Crippen molar-refractivity contribution in [3.63, 3.8) is 0 Å². The van der Waals surface area contributed by atoms with Crippen LogP contribution in [-0.4, -0.2) is 42.4 Å². The van der Waals surface area contributed by atoms with E-state index in [1.165, 1.54) is 0 Å². The third-order valence-corrected chi connectivity index (χ3v) is 4.83. The molecule has 27 heavy (non-hydrogen) atoms. The standard InChI is InChI=1S/C20H29N3O4/c1-13(2)6-7-14(3)21-17(24)12-23-18(25)20(4,22-19(23)26)15-8-10-16(27-5)11-9-15/h8-11,13-14H,6-7,12H2,1-5H3,(H,21,24)(H,22,26). The van der Waals surface area contributed by atoms with Crippen molar-refractivity contribution in [3.05, 3.63) is 29.8 Å². The molecule has 7 nitrogen and oxygen atoms in total. The number of hydrogen-bond acceptors (Lipinski definition) is 4. The number of rotatable bonds is 8. The summed E-state index contributed by atoms with van der Waals surface area (Å²) >= 11 is 0. The predicted octanol–water partition coefficient (Wildman–Crippen LogP) is 2.40. The average molecular weight is 375 g/mol. The average Bonchev–Trinajstić information content (AvgIpc) is 2.84. The maximum absolute atomic E-state index is 12.9. The monoisotopic (exact) mass is 375 g/mol. The van der Waals surface area contributed by atoms with Gasteiger partial charge in [0, 0.05) is 6.04 Å². The first-order valence-corrected chi connectivity index (χ1v) is 9.25. The molecule has 0 radical (unpaired) electrons. The van der Waals surface area contributed by atoms with Gasteiger partial charge in [-0.1, -0.05) is 26.0 Å². The molecular formula is C20H29N3O4. The largest absolute Gasteiger partial charge is 0.497 e. The molecular weight excluding hydrogens is 346 g/mol. The molecule has 7 heteroatoms. The smallest absolute Gasteiger partial charge is 0.325 e. The maximum atomic E-state index is 12.9. The number of carbonyl (C=O) groups excluding carboxylic acids is 3. The van der Waals surface area contributed by atoms with Gasteiger partial charge >= 0.3 is 6.03 Å². The molecule has 1 aromatic rings. The molecule has 0 spiro atoms. The summed E-state index contributed by atoms with van der Waals surface area (Å²) in [5.41, 5.74) is -0.567. The van der Waals surface area contributed by atoms with E-state index in [9.17, 15) is 14.4 Å². The minimum atomic E-state index is -1.20. The van der Waals surface area contributed by atoms with Gasteiger partial charge < -0.3 is 15.4 Å². The molecule has 1 heterocycles. The number of urea groups is 1. The molecule has 1 aliphatic heterocycles. The van der Waals surface area contributed by atoms with E-state index in [1.54, 1.807) is 38.3 Å². The molecule has 2 rings (SSSR count). The molecule has 1 aromatic carbocycles. The Morgan fingerprint density at radius 1 is 1.19 bits per heavy atom. The van der Waals surface area contributed by atoms with E-state index in [1.807, 2.05) is 6.92 Å². The number of nitrogens with zero attached hydrogens (tertiary/aromatic N) is 1. The Hall–Kier alpha value is -2.57. The Kier molecular flexibility index (Phi) is 6.46. The second-order valence-corrected chi connectivity index (χ2v) is 7.61. The van der Waals surface area contributed by atoms with Crippen LogP contribution in [0.4, 0.5) is 4.79 Å². The van der Waals surface area contributed by atoms with Gasteiger partial charge in [-0.05, 0) is 50.3 Å². The van der Waals surface area contributed by atoms with Crippen molar-refractivity contribution in [2.24, 2.45) is 5.92 Å². The molecule has 1 fully saturated rings. The highest BCUT2D eigenvalue weighted by Gasteiger charge is 2.49. The minimum absolute atomic E-state index is 0.00589. The highest BCUT2D eigenvalue weighted by Crippen LogP contribution is 2.29. The summed E-state index contributed by atoms with van der Waals surface area (Å²) < 4.78 is 5.12. The van der Waals surface area contributed by atoms with Crippen LogP contribution in [0.15, 0.2) is 24.3 Å². The molecule has 2 unspecified atom stereocenters. The molecule has 1 saturated heterocycles. The topological polar surface area (TPSA) is 87.7 Å². The number of hydrogen-bond donors (Lipinski definition) is 2. The van der Waals surface area contributed by atoms with Crippen LogP contribution in [0, 0.1) is 5.92 Å². The van der Waals surface area contributed by atoms with Crippen LogP contribution in [0.3, 0.4) is 0 Å². The zero-order chi connectivity index (χ0) is 20.2. The molecule has 0 aliphatic carbocycles. The van der Waals surface area contributed by atoms with Crippen LogP contribution in [0.1, 0.15) is 46.1 Å². The van der Waals surface area contributed by atoms with Crippen molar-refractivity contribution >= 4 is 17.8 Å². The van der Waals surface area contributed by atoms with Crippen molar-refractivity contribution in [1.29, 1.82) is 0 Å². The van der Waals surface area contributed by atoms with Crippen LogP contribution < -0.4 is 15.4 Å². The number of ether oxygens (including phenoxy) is 1. The Morgan fingerprint density at radius 3 is 2.37 bits per heavy atom. The van der Waals surface area contributed by atoms with Gasteiger partial charge in [0.2, 0.25) is 5.91 Å². The van der Waals surface area contributed by atoms with Gasteiger partial charge in [-0.25, -0.2) is 4.79 Å². The quantitative estimate of drug-likeness (QED) is 0.683. The van der Waals surface area contributed by atoms with Crippen LogP contribution in [0.2, 0.25) is 0 Å². The summed E-state index contributed by atoms with van der Waals surface area (Å²) in [7, 11) is 1.56. The predicted molar refractivity (Wildman–Crippen MR) is 102 cm³/mol. The first kappa shape index (κ1) is 20.7. The zero-order valence-corrected chi connectivity index (χ0v) is 16.7. The van der Waals surface area contributed by atoms with Crippen LogP contribution in [0.25, 0.3) is 0 Å². The molecule has 0 aromatic heterocycles. The summed E-state index contributed by atoms with van der Waals surface area (Å²) in [6.45, 7) is 7.53. The van der Waals surface area contributed by atoms with Crippen LogP contribution in [0.5, 0.6) is 5.75 Å². The number of amides is 4. The van der Waals surface area contributed by atoms with E-state index in [-0.39, 0.29) is 18.5 Å². The van der Waals surface area contributed by atoms with Crippen LogP contribution >= 0.6 is 0 Å². The Labute approximate surface area is 160 Å². The Morgan fingerprint density at radius 2 is 1.81 bits per heavy atom. The van der Waals surface area contributed by atoms with Gasteiger partial charge in [0.05, 0.1) is 7.11 Å². The van der Waals surface area contributed by atoms with Gasteiger partial charge in [0.1, 0.15) is 17.8 Å². The molecule has 2 atom stereocenters. The van der Waals surface area contributed by atoms with Gasteiger partial charge in [0.25, 0.3) is 5.91 Å². The SMILES string of the molecule is COc1ccc(C2(C)NC(=O)N(CC(=O)NC(C)CCC(C)C)C2=O)cc1. The highest BCUT2D eigenvalue weighted by molar-refractivity contribution is 6.09. The lowest BCUT2D eigenvalue weighted by molar-refractivity contribution is -0.135. The molecule has 0 bridgehead atoms. The van der Waals surface area contributed by atoms with E-state index in [0.717, 1.165) is 17.7 Å². The summed E-state index contributed by atoms with van der Waals surface area (Å²) in [6, 6.07) is 6.35. The van der Waals surface area contributed by atoms with E-state index >= 15 is 0 Å². The zero-order valence-electron chi connectivity index (χ0n) is 16.7. The molecule has 4 amide bonds. The fourth-order valence-corrected chi connectivity index (χ4v) is 3.08. The lowest BCUT2D eigenvalue weighted by Gasteiger charge is -2.22. The Bertz CT molecular complexity index is 702. The summed E-state index contributed by atoms with van der Waals surface area (Å²) in [4.78, 5) is 38.4. The lowest BCUT2D eigenvalue weighted by atomic mass is 9.92. The molecule has 1 aliphatic rings. The normalized spacial score (nSPS) is 20.6. The molecule has 2 N–H and O–H groups in total. The first-order chi connectivity index (χ1) is 12.7. The van der Waals surface area contributed by atoms with Crippen molar-refractivity contribution in [2.45, 2.75) is 52.1 Å². The minimum Gasteiger partial charge on any atom is -0.497 e. The van der Waals surface area contributed by atoms with Crippen molar-refractivity contribution in [1.82, 2.24) is 15.5 Å². The van der Waals surface area contributed by atoms with Gasteiger partial charge in [-0.3, -0.25) is 14.5 Å². The highest BCUT2D eigenvalue weighted by atomic mass is 16.5.